The van der Waals surface area contributed by atoms with Crippen LogP contribution in [0.3, 0.4) is 0 Å². The number of hydrogen-bond donors (Lipinski definition) is 0. The van der Waals surface area contributed by atoms with Crippen molar-refractivity contribution in [1.82, 2.24) is 0 Å². The van der Waals surface area contributed by atoms with Gasteiger partial charge < -0.3 is 13.3 Å². The van der Waals surface area contributed by atoms with Gasteiger partial charge in [0.25, 0.3) is 0 Å². The third-order valence-corrected chi connectivity index (χ3v) is 8.60. The predicted molar refractivity (Wildman–Crippen MR) is 79.2 cm³/mol. The molecule has 1 radical (unpaired) electrons. The molecule has 1 unspecified atom stereocenters. The first kappa shape index (κ1) is 15.8. The summed E-state index contributed by atoms with van der Waals surface area (Å²) in [5, 5.41) is 0. The van der Waals surface area contributed by atoms with E-state index in [1.807, 2.05) is 0 Å². The minimum absolute atomic E-state index is 0.349. The molecule has 0 saturated carbocycles. The van der Waals surface area contributed by atoms with E-state index in [4.69, 9.17) is 13.3 Å². The van der Waals surface area contributed by atoms with Crippen LogP contribution in [0, 0.1) is 5.92 Å². The van der Waals surface area contributed by atoms with E-state index in [9.17, 15) is 0 Å². The van der Waals surface area contributed by atoms with E-state index in [1.54, 1.807) is 21.3 Å². The second kappa shape index (κ2) is 7.40. The summed E-state index contributed by atoms with van der Waals surface area (Å²) in [5.41, 5.74) is 0.720. The molecule has 0 aromatic heterocycles. The van der Waals surface area contributed by atoms with Crippen LogP contribution in [-0.2, 0) is 13.3 Å². The zero-order valence-electron chi connectivity index (χ0n) is 12.1. The molecule has 0 heterocycles. The maximum absolute atomic E-state index is 5.50. The summed E-state index contributed by atoms with van der Waals surface area (Å²) in [4.78, 5) is 0. The zero-order chi connectivity index (χ0) is 13.6. The first-order valence-corrected chi connectivity index (χ1v) is 10.9. The lowest BCUT2D eigenvalue weighted by molar-refractivity contribution is 0.122. The van der Waals surface area contributed by atoms with E-state index in [-0.39, 0.29) is 8.80 Å². The number of allylic oxidation sites excluding steroid dienone is 4. The fraction of sp³-hybridized carbons (Fsp3) is 0.692. The standard InChI is InChI=1S/C13H25O3Si2/c1-14-18(15-2,16-3)11-10-13(17(4)5)12-8-6-7-9-12/h6-9,12-13H,10-11H2,1-5H3. The highest BCUT2D eigenvalue weighted by atomic mass is 28.4. The predicted octanol–water partition coefficient (Wildman–Crippen LogP) is 3.12. The topological polar surface area (TPSA) is 27.7 Å². The largest absolute Gasteiger partial charge is 0.500 e. The highest BCUT2D eigenvalue weighted by molar-refractivity contribution is 6.61. The van der Waals surface area contributed by atoms with Crippen molar-refractivity contribution in [3.63, 3.8) is 0 Å². The smallest absolute Gasteiger partial charge is 0.377 e. The Morgan fingerprint density at radius 3 is 1.94 bits per heavy atom. The molecule has 0 aliphatic heterocycles. The molecule has 0 amide bonds. The summed E-state index contributed by atoms with van der Waals surface area (Å²) >= 11 is 0. The van der Waals surface area contributed by atoms with Crippen molar-refractivity contribution in [3.8, 4) is 0 Å². The Balaban J connectivity index is 2.61. The van der Waals surface area contributed by atoms with Crippen molar-refractivity contribution < 1.29 is 13.3 Å². The third-order valence-electron chi connectivity index (χ3n) is 3.68. The van der Waals surface area contributed by atoms with Crippen LogP contribution in [0.25, 0.3) is 0 Å². The minimum Gasteiger partial charge on any atom is -0.377 e. The van der Waals surface area contributed by atoms with Crippen molar-refractivity contribution in [3.05, 3.63) is 24.3 Å². The molecule has 0 fully saturated rings. The highest BCUT2D eigenvalue weighted by Gasteiger charge is 2.39. The fourth-order valence-electron chi connectivity index (χ4n) is 2.47. The summed E-state index contributed by atoms with van der Waals surface area (Å²) in [6.45, 7) is 4.76. The molecule has 0 saturated heterocycles. The molecule has 18 heavy (non-hydrogen) atoms. The van der Waals surface area contributed by atoms with Crippen LogP contribution in [0.4, 0.5) is 0 Å². The molecular formula is C13H25O3Si2. The number of hydrogen-bond acceptors (Lipinski definition) is 3. The lowest BCUT2D eigenvalue weighted by atomic mass is 10.1. The van der Waals surface area contributed by atoms with Crippen LogP contribution in [-0.4, -0.2) is 38.9 Å². The van der Waals surface area contributed by atoms with Crippen molar-refractivity contribution in [2.24, 2.45) is 5.92 Å². The first-order valence-electron chi connectivity index (χ1n) is 6.39. The van der Waals surface area contributed by atoms with E-state index >= 15 is 0 Å². The summed E-state index contributed by atoms with van der Waals surface area (Å²) in [6, 6.07) is 0.898. The normalized spacial score (nSPS) is 17.9. The Morgan fingerprint density at radius 2 is 1.56 bits per heavy atom. The third kappa shape index (κ3) is 3.89. The van der Waals surface area contributed by atoms with Gasteiger partial charge in [-0.3, -0.25) is 0 Å². The molecular weight excluding hydrogens is 260 g/mol. The van der Waals surface area contributed by atoms with Gasteiger partial charge in [0.05, 0.1) is 0 Å². The van der Waals surface area contributed by atoms with Crippen molar-refractivity contribution >= 4 is 17.6 Å². The molecule has 1 aliphatic rings. The molecule has 0 N–H and O–H groups in total. The number of rotatable bonds is 8. The molecule has 1 rings (SSSR count). The van der Waals surface area contributed by atoms with Gasteiger partial charge in [-0.2, -0.15) is 0 Å². The molecule has 1 atom stereocenters. The Labute approximate surface area is 114 Å². The van der Waals surface area contributed by atoms with E-state index in [0.717, 1.165) is 18.0 Å². The SMILES string of the molecule is CO[Si](CCC(C1C=CC=C1)[Si](C)C)(OC)OC. The second-order valence-electron chi connectivity index (χ2n) is 4.87. The van der Waals surface area contributed by atoms with E-state index in [0.29, 0.717) is 5.92 Å². The van der Waals surface area contributed by atoms with Crippen LogP contribution < -0.4 is 0 Å². The molecule has 0 aromatic rings. The average Bonchev–Trinajstić information content (AvgIpc) is 2.88. The van der Waals surface area contributed by atoms with Crippen LogP contribution in [0.1, 0.15) is 6.42 Å². The quantitative estimate of drug-likeness (QED) is 0.641. The van der Waals surface area contributed by atoms with Gasteiger partial charge in [0.2, 0.25) is 0 Å². The molecule has 3 nitrogen and oxygen atoms in total. The van der Waals surface area contributed by atoms with Crippen molar-refractivity contribution in [2.75, 3.05) is 21.3 Å². The lowest BCUT2D eigenvalue weighted by Gasteiger charge is -2.29. The van der Waals surface area contributed by atoms with E-state index < -0.39 is 8.80 Å². The minimum atomic E-state index is -2.41. The second-order valence-corrected chi connectivity index (χ2v) is 10.9. The maximum atomic E-state index is 5.50. The molecule has 5 heteroatoms. The zero-order valence-corrected chi connectivity index (χ0v) is 14.1. The van der Waals surface area contributed by atoms with Gasteiger partial charge in [-0.1, -0.05) is 37.4 Å². The van der Waals surface area contributed by atoms with E-state index in [2.05, 4.69) is 37.4 Å². The molecule has 0 aromatic carbocycles. The van der Waals surface area contributed by atoms with Gasteiger partial charge in [0, 0.05) is 36.2 Å². The van der Waals surface area contributed by atoms with Crippen LogP contribution in [0.15, 0.2) is 24.3 Å². The van der Waals surface area contributed by atoms with Crippen LogP contribution in [0.5, 0.6) is 0 Å². The Morgan fingerprint density at radius 1 is 1.06 bits per heavy atom. The molecule has 1 aliphatic carbocycles. The summed E-state index contributed by atoms with van der Waals surface area (Å²) < 4.78 is 16.5. The van der Waals surface area contributed by atoms with Crippen molar-refractivity contribution in [2.45, 2.75) is 31.1 Å². The van der Waals surface area contributed by atoms with Gasteiger partial charge in [-0.15, -0.1) is 0 Å². The first-order chi connectivity index (χ1) is 8.58. The Bertz CT molecular complexity index is 278. The summed E-state index contributed by atoms with van der Waals surface area (Å²) in [6.07, 6.45) is 10.0. The maximum Gasteiger partial charge on any atom is 0.500 e. The van der Waals surface area contributed by atoms with Gasteiger partial charge in [-0.25, -0.2) is 0 Å². The van der Waals surface area contributed by atoms with Gasteiger partial charge in [0.15, 0.2) is 0 Å². The molecule has 0 spiro atoms. The average molecular weight is 286 g/mol. The van der Waals surface area contributed by atoms with E-state index in [1.165, 1.54) is 0 Å². The summed E-state index contributed by atoms with van der Waals surface area (Å²) in [5.74, 6) is 0.589. The fourth-order valence-corrected chi connectivity index (χ4v) is 6.25. The van der Waals surface area contributed by atoms with Gasteiger partial charge >= 0.3 is 8.80 Å². The lowest BCUT2D eigenvalue weighted by Crippen LogP contribution is -2.43. The Kier molecular flexibility index (Phi) is 6.52. The van der Waals surface area contributed by atoms with Gasteiger partial charge in [-0.05, 0) is 17.9 Å². The highest BCUT2D eigenvalue weighted by Crippen LogP contribution is 2.34. The summed E-state index contributed by atoms with van der Waals surface area (Å²) in [7, 11) is 2.31. The van der Waals surface area contributed by atoms with Gasteiger partial charge in [0.1, 0.15) is 0 Å². The molecule has 103 valence electrons. The van der Waals surface area contributed by atoms with Crippen LogP contribution in [0.2, 0.25) is 24.7 Å². The molecule has 0 bridgehead atoms. The monoisotopic (exact) mass is 285 g/mol. The van der Waals surface area contributed by atoms with Crippen molar-refractivity contribution in [1.29, 1.82) is 0 Å². The Hall–Kier alpha value is -0.206. The van der Waals surface area contributed by atoms with Crippen LogP contribution >= 0.6 is 0 Å².